The topological polar surface area (TPSA) is 3.24 Å². The van der Waals surface area contributed by atoms with Crippen molar-refractivity contribution in [2.24, 2.45) is 5.92 Å². The Labute approximate surface area is 201 Å². The number of hydrogen-bond acceptors (Lipinski definition) is 1. The molecule has 4 rings (SSSR count). The Kier molecular flexibility index (Phi) is 13.9. The molecule has 0 aromatic heterocycles. The summed E-state index contributed by atoms with van der Waals surface area (Å²) < 4.78 is 0. The fraction of sp³-hybridized carbons (Fsp3) is 0.269. The maximum absolute atomic E-state index is 4.28. The van der Waals surface area contributed by atoms with E-state index >= 15 is 0 Å². The van der Waals surface area contributed by atoms with Crippen molar-refractivity contribution in [3.8, 4) is 0 Å². The Bertz CT molecular complexity index is 531. The quantitative estimate of drug-likeness (QED) is 0.404. The van der Waals surface area contributed by atoms with Crippen molar-refractivity contribution in [3.05, 3.63) is 118 Å². The molecular formula is C26H33NSiZr+2. The maximum atomic E-state index is 4.28. The molecule has 1 atom stereocenters. The summed E-state index contributed by atoms with van der Waals surface area (Å²) in [7, 11) is -1.24. The van der Waals surface area contributed by atoms with E-state index in [0.717, 1.165) is 19.6 Å². The minimum atomic E-state index is -1.24. The molecule has 1 aliphatic heterocycles. The zero-order valence-corrected chi connectivity index (χ0v) is 21.5. The van der Waals surface area contributed by atoms with Gasteiger partial charge in [0.25, 0.3) is 0 Å². The van der Waals surface area contributed by atoms with E-state index in [0.29, 0.717) is 5.92 Å². The van der Waals surface area contributed by atoms with E-state index in [9.17, 15) is 0 Å². The van der Waals surface area contributed by atoms with Gasteiger partial charge in [0.1, 0.15) is 0 Å². The molecule has 0 spiro atoms. The van der Waals surface area contributed by atoms with Gasteiger partial charge in [-0.25, -0.2) is 0 Å². The molecular weight excluding hydrogens is 446 g/mol. The molecule has 1 nitrogen and oxygen atoms in total. The summed E-state index contributed by atoms with van der Waals surface area (Å²) >= 11 is 0. The number of nitrogens with zero attached hydrogens (tertiary/aromatic N) is 1. The molecule has 2 saturated carbocycles. The monoisotopic (exact) mass is 477 g/mol. The summed E-state index contributed by atoms with van der Waals surface area (Å²) in [5, 5.41) is 0. The second-order valence-corrected chi connectivity index (χ2v) is 12.9. The fourth-order valence-electron chi connectivity index (χ4n) is 3.08. The van der Waals surface area contributed by atoms with Gasteiger partial charge in [-0.1, -0.05) is 50.0 Å². The van der Waals surface area contributed by atoms with E-state index in [1.807, 2.05) is 64.2 Å². The largest absolute Gasteiger partial charge is 4.00 e. The first-order valence-electron chi connectivity index (χ1n) is 10.0. The summed E-state index contributed by atoms with van der Waals surface area (Å²) in [6.45, 7) is 14.4. The van der Waals surface area contributed by atoms with Gasteiger partial charge in [0.15, 0.2) is 0 Å². The van der Waals surface area contributed by atoms with Gasteiger partial charge in [0.05, 0.1) is 0 Å². The summed E-state index contributed by atoms with van der Waals surface area (Å²) in [4.78, 5) is 2.48. The van der Waals surface area contributed by atoms with Crippen molar-refractivity contribution in [3.63, 3.8) is 0 Å². The average Bonchev–Trinajstić information content (AvgIpc) is 3.41. The van der Waals surface area contributed by atoms with E-state index < -0.39 is 8.07 Å². The zero-order valence-electron chi connectivity index (χ0n) is 18.0. The number of hydrogen-bond donors (Lipinski definition) is 0. The molecule has 0 bridgehead atoms. The number of likely N-dealkylation sites (tertiary alicyclic amines) is 1. The molecule has 0 amide bonds. The van der Waals surface area contributed by atoms with Crippen molar-refractivity contribution in [1.82, 2.24) is 4.90 Å². The van der Waals surface area contributed by atoms with Crippen molar-refractivity contribution in [2.75, 3.05) is 13.1 Å². The first-order valence-corrected chi connectivity index (χ1v) is 13.5. The van der Waals surface area contributed by atoms with Gasteiger partial charge in [-0.15, -0.1) is 8.07 Å². The molecule has 1 saturated heterocycles. The standard InChI is InChI=1S/C16H23NSi.2C5H5.Zr/c1-14-10-17(11-15-8-6-5-7-9-15)12-16(14)13-18(2,3)4;2*1-2-4-5-3-1;/h5-9,14H,1,10-12H2,2-4H3;2*1-5H;/q-2;;;+4. The molecule has 2 aliphatic carbocycles. The summed E-state index contributed by atoms with van der Waals surface area (Å²) in [6.07, 6.45) is 20.0. The second-order valence-electron chi connectivity index (χ2n) is 8.18. The van der Waals surface area contributed by atoms with Crippen LogP contribution in [0.2, 0.25) is 19.6 Å². The Morgan fingerprint density at radius 1 is 0.862 bits per heavy atom. The van der Waals surface area contributed by atoms with Gasteiger partial charge >= 0.3 is 26.2 Å². The number of benzene rings is 1. The first-order chi connectivity index (χ1) is 13.4. The van der Waals surface area contributed by atoms with Gasteiger partial charge in [-0.2, -0.15) is 5.92 Å². The van der Waals surface area contributed by atoms with Gasteiger partial charge in [-0.3, -0.25) is 5.57 Å². The number of rotatable bonds is 3. The Hall–Kier alpha value is 0.0200. The molecule has 3 fully saturated rings. The van der Waals surface area contributed by atoms with E-state index in [1.54, 1.807) is 0 Å². The zero-order chi connectivity index (χ0) is 20.2. The molecule has 148 valence electrons. The second kappa shape index (κ2) is 14.9. The molecule has 1 unspecified atom stereocenters. The van der Waals surface area contributed by atoms with Gasteiger partial charge in [0.2, 0.25) is 0 Å². The van der Waals surface area contributed by atoms with E-state index in [2.05, 4.69) is 67.5 Å². The Morgan fingerprint density at radius 3 is 1.72 bits per heavy atom. The molecule has 29 heavy (non-hydrogen) atoms. The van der Waals surface area contributed by atoms with E-state index in [1.165, 1.54) is 11.1 Å². The average molecular weight is 479 g/mol. The van der Waals surface area contributed by atoms with Crippen LogP contribution in [-0.2, 0) is 32.7 Å². The summed E-state index contributed by atoms with van der Waals surface area (Å²) in [6, 6.07) is 10.7. The SMILES string of the molecule is [CH2-]C1CN(Cc2ccccc2)CC1=[C-][Si](C)(C)C.[CH]1[CH][CH][CH][CH]1.[CH]1[CH][CH][CH][CH]1.[Zr+4]. The Morgan fingerprint density at radius 2 is 1.31 bits per heavy atom. The van der Waals surface area contributed by atoms with Crippen LogP contribution in [0.15, 0.2) is 35.9 Å². The minimum Gasteiger partial charge on any atom is -0.499 e. The van der Waals surface area contributed by atoms with Crippen LogP contribution in [-0.4, -0.2) is 26.1 Å². The van der Waals surface area contributed by atoms with Crippen LogP contribution < -0.4 is 0 Å². The normalized spacial score (nSPS) is 23.0. The van der Waals surface area contributed by atoms with Crippen LogP contribution in [0.5, 0.6) is 0 Å². The molecule has 1 aromatic rings. The Balaban J connectivity index is 0.000000311. The maximum Gasteiger partial charge on any atom is 4.00 e. The van der Waals surface area contributed by atoms with Gasteiger partial charge in [-0.05, 0) is 82.9 Å². The molecule has 3 aliphatic rings. The van der Waals surface area contributed by atoms with Crippen LogP contribution in [0.1, 0.15) is 5.56 Å². The third-order valence-electron chi connectivity index (χ3n) is 4.26. The van der Waals surface area contributed by atoms with Crippen LogP contribution >= 0.6 is 0 Å². The van der Waals surface area contributed by atoms with Gasteiger partial charge < -0.3 is 17.5 Å². The van der Waals surface area contributed by atoms with E-state index in [-0.39, 0.29) is 26.2 Å². The fourth-order valence-corrected chi connectivity index (χ4v) is 4.33. The summed E-state index contributed by atoms with van der Waals surface area (Å²) in [5.74, 6) is 0.431. The van der Waals surface area contributed by atoms with Crippen molar-refractivity contribution in [1.29, 1.82) is 0 Å². The van der Waals surface area contributed by atoms with E-state index in [4.69, 9.17) is 0 Å². The first kappa shape index (κ1) is 27.1. The predicted octanol–water partition coefficient (Wildman–Crippen LogP) is 5.60. The van der Waals surface area contributed by atoms with Crippen LogP contribution in [0, 0.1) is 82.7 Å². The molecule has 10 radical (unpaired) electrons. The van der Waals surface area contributed by atoms with Crippen molar-refractivity contribution >= 4 is 8.07 Å². The van der Waals surface area contributed by atoms with Crippen molar-refractivity contribution in [2.45, 2.75) is 26.2 Å². The van der Waals surface area contributed by atoms with Crippen LogP contribution in [0.3, 0.4) is 0 Å². The minimum absolute atomic E-state index is 0. The van der Waals surface area contributed by atoms with Gasteiger partial charge in [0, 0.05) is 6.54 Å². The third kappa shape index (κ3) is 12.5. The van der Waals surface area contributed by atoms with Crippen LogP contribution in [0.4, 0.5) is 0 Å². The van der Waals surface area contributed by atoms with Crippen LogP contribution in [0.25, 0.3) is 0 Å². The molecule has 3 heteroatoms. The molecule has 1 aromatic carbocycles. The van der Waals surface area contributed by atoms with Crippen molar-refractivity contribution < 1.29 is 26.2 Å². The molecule has 1 heterocycles. The predicted molar refractivity (Wildman–Crippen MR) is 124 cm³/mol. The third-order valence-corrected chi connectivity index (χ3v) is 5.33. The summed E-state index contributed by atoms with van der Waals surface area (Å²) in [5.41, 5.74) is 6.56. The smallest absolute Gasteiger partial charge is 0.499 e. The molecule has 0 N–H and O–H groups in total.